The molecule has 0 fully saturated rings. The zero-order valence-electron chi connectivity index (χ0n) is 5.82. The lowest BCUT2D eigenvalue weighted by Crippen LogP contribution is -2.02. The summed E-state index contributed by atoms with van der Waals surface area (Å²) in [6.45, 7) is 2.02. The third kappa shape index (κ3) is 22.5. The van der Waals surface area contributed by atoms with Crippen LogP contribution in [0.5, 0.6) is 0 Å². The van der Waals surface area contributed by atoms with Gasteiger partial charge in [0.25, 0.3) is 0 Å². The van der Waals surface area contributed by atoms with Gasteiger partial charge in [0.15, 0.2) is 6.29 Å². The minimum atomic E-state index is -1.10. The van der Waals surface area contributed by atoms with E-state index in [0.717, 1.165) is 12.8 Å². The summed E-state index contributed by atoms with van der Waals surface area (Å²) in [4.78, 5) is 0. The predicted octanol–water partition coefficient (Wildman–Crippen LogP) is 2.34. The molecule has 0 aliphatic rings. The molecule has 0 aromatic rings. The molecule has 0 unspecified atom stereocenters. The Morgan fingerprint density at radius 2 is 1.50 bits per heavy atom. The summed E-state index contributed by atoms with van der Waals surface area (Å²) in [5.41, 5.74) is 0. The number of hydrogen-bond acceptors (Lipinski definition) is 2. The maximum Gasteiger partial charge on any atom is 0.151 e. The molecule has 0 saturated heterocycles. The molecule has 0 spiro atoms. The molecular formula is C5H15I3O2. The molecule has 0 aromatic heterocycles. The molecule has 0 aliphatic heterocycles. The van der Waals surface area contributed by atoms with Gasteiger partial charge in [0.05, 0.1) is 0 Å². The van der Waals surface area contributed by atoms with Gasteiger partial charge in [-0.1, -0.05) is 13.3 Å². The first-order chi connectivity index (χ1) is 3.27. The number of aliphatic hydroxyl groups excluding tert-OH is 1. The highest BCUT2D eigenvalue weighted by Crippen LogP contribution is 1.95. The number of rotatable bonds is 3. The lowest BCUT2D eigenvalue weighted by molar-refractivity contribution is -0.0463. The summed E-state index contributed by atoms with van der Waals surface area (Å²) in [6, 6.07) is 0. The highest BCUT2D eigenvalue weighted by molar-refractivity contribution is 14.0. The highest BCUT2D eigenvalue weighted by atomic mass is 127. The van der Waals surface area contributed by atoms with Gasteiger partial charge < -0.3 is 10.2 Å². The standard InChI is InChI=1S/C5H12O2.3HI/c1-2-3-4-5(6)7;;;/h5-7H,2-4H2,1H3;3*1H. The van der Waals surface area contributed by atoms with E-state index in [9.17, 15) is 0 Å². The fourth-order valence-corrected chi connectivity index (χ4v) is 0.387. The third-order valence-corrected chi connectivity index (χ3v) is 0.816. The summed E-state index contributed by atoms with van der Waals surface area (Å²) in [7, 11) is 0. The van der Waals surface area contributed by atoms with Crippen LogP contribution in [-0.4, -0.2) is 16.5 Å². The van der Waals surface area contributed by atoms with Gasteiger partial charge in [0.1, 0.15) is 0 Å². The fourth-order valence-electron chi connectivity index (χ4n) is 0.387. The second-order valence-corrected chi connectivity index (χ2v) is 1.62. The number of hydrogen-bond donors (Lipinski definition) is 2. The van der Waals surface area contributed by atoms with Crippen molar-refractivity contribution in [1.29, 1.82) is 0 Å². The van der Waals surface area contributed by atoms with Crippen LogP contribution in [0.1, 0.15) is 26.2 Å². The molecule has 5 heteroatoms. The van der Waals surface area contributed by atoms with E-state index in [1.54, 1.807) is 0 Å². The van der Waals surface area contributed by atoms with Gasteiger partial charge in [-0.3, -0.25) is 0 Å². The van der Waals surface area contributed by atoms with Crippen LogP contribution >= 0.6 is 71.9 Å². The average Bonchev–Trinajstić information content (AvgIpc) is 1.61. The maximum atomic E-state index is 8.24. The van der Waals surface area contributed by atoms with Crippen molar-refractivity contribution >= 4 is 71.9 Å². The number of aliphatic hydroxyl groups is 2. The van der Waals surface area contributed by atoms with E-state index in [1.165, 1.54) is 0 Å². The zero-order valence-corrected chi connectivity index (χ0v) is 12.8. The first kappa shape index (κ1) is 22.7. The quantitative estimate of drug-likeness (QED) is 0.474. The van der Waals surface area contributed by atoms with E-state index in [0.29, 0.717) is 6.42 Å². The van der Waals surface area contributed by atoms with E-state index >= 15 is 0 Å². The smallest absolute Gasteiger partial charge is 0.151 e. The molecule has 68 valence electrons. The minimum Gasteiger partial charge on any atom is -0.368 e. The fraction of sp³-hybridized carbons (Fsp3) is 1.00. The van der Waals surface area contributed by atoms with Gasteiger partial charge in [-0.15, -0.1) is 71.9 Å². The van der Waals surface area contributed by atoms with E-state index in [2.05, 4.69) is 0 Å². The SMILES string of the molecule is CCCCC(O)O.I.I.I. The Balaban J connectivity index is -0.0000000600. The van der Waals surface area contributed by atoms with E-state index < -0.39 is 6.29 Å². The van der Waals surface area contributed by atoms with Crippen LogP contribution in [0.25, 0.3) is 0 Å². The Kier molecular flexibility index (Phi) is 39.2. The van der Waals surface area contributed by atoms with Crippen molar-refractivity contribution in [1.82, 2.24) is 0 Å². The van der Waals surface area contributed by atoms with Crippen LogP contribution in [0.4, 0.5) is 0 Å². The van der Waals surface area contributed by atoms with Crippen molar-refractivity contribution in [3.05, 3.63) is 0 Å². The minimum absolute atomic E-state index is 0. The Morgan fingerprint density at radius 3 is 1.60 bits per heavy atom. The number of halogens is 3. The second-order valence-electron chi connectivity index (χ2n) is 1.62. The molecule has 0 rings (SSSR count). The predicted molar refractivity (Wildman–Crippen MR) is 74.0 cm³/mol. The molecule has 0 bridgehead atoms. The summed E-state index contributed by atoms with van der Waals surface area (Å²) in [5, 5.41) is 16.5. The first-order valence-electron chi connectivity index (χ1n) is 2.63. The summed E-state index contributed by atoms with van der Waals surface area (Å²) >= 11 is 0. The van der Waals surface area contributed by atoms with Crippen LogP contribution < -0.4 is 0 Å². The second kappa shape index (κ2) is 17.3. The van der Waals surface area contributed by atoms with Gasteiger partial charge in [-0.2, -0.15) is 0 Å². The Hall–Kier alpha value is 2.11. The van der Waals surface area contributed by atoms with Gasteiger partial charge >= 0.3 is 0 Å². The molecule has 0 aliphatic carbocycles. The molecule has 10 heavy (non-hydrogen) atoms. The Morgan fingerprint density at radius 1 is 1.10 bits per heavy atom. The van der Waals surface area contributed by atoms with Crippen LogP contribution in [0.3, 0.4) is 0 Å². The van der Waals surface area contributed by atoms with Gasteiger partial charge in [0.2, 0.25) is 0 Å². The monoisotopic (exact) mass is 488 g/mol. The van der Waals surface area contributed by atoms with Crippen LogP contribution in [0.15, 0.2) is 0 Å². The Bertz CT molecular complexity index is 43.9. The van der Waals surface area contributed by atoms with Gasteiger partial charge in [-0.05, 0) is 12.8 Å². The van der Waals surface area contributed by atoms with E-state index in [-0.39, 0.29) is 71.9 Å². The van der Waals surface area contributed by atoms with Crippen molar-refractivity contribution in [2.24, 2.45) is 0 Å². The summed E-state index contributed by atoms with van der Waals surface area (Å²) in [5.74, 6) is 0. The average molecular weight is 488 g/mol. The molecule has 0 atom stereocenters. The Labute approximate surface area is 113 Å². The lowest BCUT2D eigenvalue weighted by Gasteiger charge is -1.97. The van der Waals surface area contributed by atoms with Crippen LogP contribution in [0, 0.1) is 0 Å². The normalized spacial score (nSPS) is 7.20. The van der Waals surface area contributed by atoms with Crippen molar-refractivity contribution in [3.63, 3.8) is 0 Å². The first-order valence-corrected chi connectivity index (χ1v) is 2.63. The van der Waals surface area contributed by atoms with E-state index in [1.807, 2.05) is 6.92 Å². The molecule has 0 saturated carbocycles. The van der Waals surface area contributed by atoms with Crippen molar-refractivity contribution in [3.8, 4) is 0 Å². The molecule has 0 radical (unpaired) electrons. The molecule has 0 heterocycles. The lowest BCUT2D eigenvalue weighted by atomic mass is 10.2. The molecule has 0 amide bonds. The molecular weight excluding hydrogens is 473 g/mol. The highest BCUT2D eigenvalue weighted by Gasteiger charge is 1.92. The van der Waals surface area contributed by atoms with Crippen molar-refractivity contribution < 1.29 is 10.2 Å². The maximum absolute atomic E-state index is 8.24. The third-order valence-electron chi connectivity index (χ3n) is 0.816. The van der Waals surface area contributed by atoms with Gasteiger partial charge in [-0.25, -0.2) is 0 Å². The van der Waals surface area contributed by atoms with Crippen molar-refractivity contribution in [2.75, 3.05) is 0 Å². The van der Waals surface area contributed by atoms with Crippen LogP contribution in [-0.2, 0) is 0 Å². The molecule has 2 N–H and O–H groups in total. The van der Waals surface area contributed by atoms with Crippen molar-refractivity contribution in [2.45, 2.75) is 32.5 Å². The zero-order chi connectivity index (χ0) is 5.70. The number of unbranched alkanes of at least 4 members (excludes halogenated alkanes) is 1. The summed E-state index contributed by atoms with van der Waals surface area (Å²) < 4.78 is 0. The largest absolute Gasteiger partial charge is 0.368 e. The molecule has 0 aromatic carbocycles. The summed E-state index contributed by atoms with van der Waals surface area (Å²) in [6.07, 6.45) is 1.34. The molecule has 2 nitrogen and oxygen atoms in total. The topological polar surface area (TPSA) is 40.5 Å². The van der Waals surface area contributed by atoms with Gasteiger partial charge in [0, 0.05) is 0 Å². The van der Waals surface area contributed by atoms with E-state index in [4.69, 9.17) is 10.2 Å². The van der Waals surface area contributed by atoms with Crippen LogP contribution in [0.2, 0.25) is 0 Å².